The van der Waals surface area contributed by atoms with E-state index in [0.29, 0.717) is 23.5 Å². The van der Waals surface area contributed by atoms with Crippen LogP contribution in [0.15, 0.2) is 0 Å². The molecule has 0 saturated heterocycles. The van der Waals surface area contributed by atoms with Crippen LogP contribution in [0.1, 0.15) is 51.4 Å². The molecule has 0 aromatic heterocycles. The Morgan fingerprint density at radius 1 is 1.12 bits per heavy atom. The van der Waals surface area contributed by atoms with E-state index in [1.807, 2.05) is 0 Å². The fourth-order valence-electron chi connectivity index (χ4n) is 3.10. The van der Waals surface area contributed by atoms with Gasteiger partial charge in [0.1, 0.15) is 0 Å². The van der Waals surface area contributed by atoms with Gasteiger partial charge >= 0.3 is 0 Å². The number of thiol groups is 1. The molecule has 0 amide bonds. The molecule has 0 spiro atoms. The fourth-order valence-corrected chi connectivity index (χ4v) is 3.38. The van der Waals surface area contributed by atoms with Crippen molar-refractivity contribution in [2.75, 3.05) is 5.75 Å². The minimum absolute atomic E-state index is 0.00883. The van der Waals surface area contributed by atoms with Crippen molar-refractivity contribution in [2.24, 2.45) is 5.92 Å². The molecule has 2 rings (SSSR count). The molecule has 0 unspecified atom stereocenters. The summed E-state index contributed by atoms with van der Waals surface area (Å²) in [4.78, 5) is 12.3. The van der Waals surface area contributed by atoms with E-state index < -0.39 is 0 Å². The molecule has 16 heavy (non-hydrogen) atoms. The zero-order valence-corrected chi connectivity index (χ0v) is 10.8. The molecule has 0 aromatic carbocycles. The average molecular weight is 241 g/mol. The Balaban J connectivity index is 1.84. The summed E-state index contributed by atoms with van der Waals surface area (Å²) in [7, 11) is 0. The summed E-state index contributed by atoms with van der Waals surface area (Å²) in [6.07, 6.45) is 9.79. The molecule has 1 atom stereocenters. The number of carbonyl (C=O) groups excluding carboxylic acids is 1. The first-order valence-corrected chi connectivity index (χ1v) is 7.35. The van der Waals surface area contributed by atoms with Gasteiger partial charge in [0.15, 0.2) is 5.78 Å². The first kappa shape index (κ1) is 12.4. The lowest BCUT2D eigenvalue weighted by Gasteiger charge is -2.22. The van der Waals surface area contributed by atoms with E-state index in [4.69, 9.17) is 0 Å². The molecule has 2 aliphatic rings. The standard InChI is InChI=1S/C13H23NOS/c15-13(10-5-1-2-6-10)12(9-16)14-11-7-3-4-8-11/h10-12,14,16H,1-9H2/t12-/m0/s1. The predicted octanol–water partition coefficient (Wildman–Crippen LogP) is 2.58. The lowest BCUT2D eigenvalue weighted by Crippen LogP contribution is -2.45. The number of rotatable bonds is 5. The predicted molar refractivity (Wildman–Crippen MR) is 70.0 cm³/mol. The van der Waals surface area contributed by atoms with Crippen LogP contribution in [-0.2, 0) is 4.79 Å². The Morgan fingerprint density at radius 2 is 1.69 bits per heavy atom. The van der Waals surface area contributed by atoms with Crippen LogP contribution in [0, 0.1) is 5.92 Å². The maximum absolute atomic E-state index is 12.3. The lowest BCUT2D eigenvalue weighted by molar-refractivity contribution is -0.124. The minimum atomic E-state index is 0.00883. The van der Waals surface area contributed by atoms with E-state index in [-0.39, 0.29) is 6.04 Å². The largest absolute Gasteiger partial charge is 0.304 e. The summed E-state index contributed by atoms with van der Waals surface area (Å²) in [6, 6.07) is 0.581. The smallest absolute Gasteiger partial charge is 0.153 e. The van der Waals surface area contributed by atoms with Gasteiger partial charge in [-0.3, -0.25) is 4.79 Å². The van der Waals surface area contributed by atoms with Crippen molar-refractivity contribution >= 4 is 18.4 Å². The van der Waals surface area contributed by atoms with Crippen molar-refractivity contribution in [3.05, 3.63) is 0 Å². The van der Waals surface area contributed by atoms with E-state index in [0.717, 1.165) is 12.8 Å². The highest BCUT2D eigenvalue weighted by Crippen LogP contribution is 2.27. The first-order chi connectivity index (χ1) is 7.81. The van der Waals surface area contributed by atoms with Crippen LogP contribution in [0.25, 0.3) is 0 Å². The molecule has 0 radical (unpaired) electrons. The van der Waals surface area contributed by atoms with Crippen molar-refractivity contribution in [3.63, 3.8) is 0 Å². The van der Waals surface area contributed by atoms with Crippen LogP contribution < -0.4 is 5.32 Å². The molecule has 0 aromatic rings. The van der Waals surface area contributed by atoms with Crippen LogP contribution in [0.5, 0.6) is 0 Å². The third kappa shape index (κ3) is 3.01. The first-order valence-electron chi connectivity index (χ1n) is 6.72. The van der Waals surface area contributed by atoms with Crippen molar-refractivity contribution < 1.29 is 4.79 Å². The molecule has 2 fully saturated rings. The van der Waals surface area contributed by atoms with Gasteiger partial charge in [0.05, 0.1) is 6.04 Å². The molecule has 0 heterocycles. The second kappa shape index (κ2) is 6.06. The third-order valence-corrected chi connectivity index (χ3v) is 4.44. The minimum Gasteiger partial charge on any atom is -0.304 e. The lowest BCUT2D eigenvalue weighted by atomic mass is 9.97. The maximum atomic E-state index is 12.3. The van der Waals surface area contributed by atoms with E-state index in [9.17, 15) is 4.79 Å². The van der Waals surface area contributed by atoms with Crippen molar-refractivity contribution in [1.82, 2.24) is 5.32 Å². The van der Waals surface area contributed by atoms with Gasteiger partial charge in [-0.1, -0.05) is 25.7 Å². The van der Waals surface area contributed by atoms with Gasteiger partial charge in [-0.2, -0.15) is 12.6 Å². The molecule has 2 aliphatic carbocycles. The summed E-state index contributed by atoms with van der Waals surface area (Å²) in [5, 5.41) is 3.52. The molecule has 2 nitrogen and oxygen atoms in total. The Morgan fingerprint density at radius 3 is 2.25 bits per heavy atom. The summed E-state index contributed by atoms with van der Waals surface area (Å²) in [5.74, 6) is 1.41. The van der Waals surface area contributed by atoms with Crippen LogP contribution >= 0.6 is 12.6 Å². The highest BCUT2D eigenvalue weighted by Gasteiger charge is 2.30. The molecule has 1 N–H and O–H groups in total. The third-order valence-electron chi connectivity index (χ3n) is 4.08. The van der Waals surface area contributed by atoms with Crippen molar-refractivity contribution in [2.45, 2.75) is 63.5 Å². The number of Topliss-reactive ketones (excluding diaryl/α,β-unsaturated/α-hetero) is 1. The summed E-state index contributed by atoms with van der Waals surface area (Å²) in [6.45, 7) is 0. The Hall–Kier alpha value is -0.0200. The zero-order chi connectivity index (χ0) is 11.4. The van der Waals surface area contributed by atoms with E-state index in [1.165, 1.54) is 38.5 Å². The molecule has 92 valence electrons. The van der Waals surface area contributed by atoms with Gasteiger partial charge < -0.3 is 5.32 Å². The van der Waals surface area contributed by atoms with Crippen LogP contribution in [0.3, 0.4) is 0 Å². The zero-order valence-electron chi connectivity index (χ0n) is 9.95. The Kier molecular flexibility index (Phi) is 4.71. The Bertz CT molecular complexity index is 232. The SMILES string of the molecule is O=C(C1CCCC1)[C@H](CS)NC1CCCC1. The molecular formula is C13H23NOS. The number of nitrogens with one attached hydrogen (secondary N) is 1. The van der Waals surface area contributed by atoms with E-state index in [2.05, 4.69) is 17.9 Å². The van der Waals surface area contributed by atoms with Crippen molar-refractivity contribution in [1.29, 1.82) is 0 Å². The van der Waals surface area contributed by atoms with E-state index in [1.54, 1.807) is 0 Å². The second-order valence-electron chi connectivity index (χ2n) is 5.27. The highest BCUT2D eigenvalue weighted by molar-refractivity contribution is 7.80. The van der Waals surface area contributed by atoms with Gasteiger partial charge in [-0.05, 0) is 25.7 Å². The fraction of sp³-hybridized carbons (Fsp3) is 0.923. The van der Waals surface area contributed by atoms with Gasteiger partial charge in [-0.25, -0.2) is 0 Å². The van der Waals surface area contributed by atoms with Crippen molar-refractivity contribution in [3.8, 4) is 0 Å². The maximum Gasteiger partial charge on any atom is 0.153 e. The molecule has 2 saturated carbocycles. The van der Waals surface area contributed by atoms with Crippen LogP contribution in [0.4, 0.5) is 0 Å². The topological polar surface area (TPSA) is 29.1 Å². The number of hydrogen-bond acceptors (Lipinski definition) is 3. The highest BCUT2D eigenvalue weighted by atomic mass is 32.1. The average Bonchev–Trinajstić information content (AvgIpc) is 2.97. The van der Waals surface area contributed by atoms with Gasteiger partial charge in [0.25, 0.3) is 0 Å². The summed E-state index contributed by atoms with van der Waals surface area (Å²) in [5.41, 5.74) is 0. The number of carbonyl (C=O) groups is 1. The number of hydrogen-bond donors (Lipinski definition) is 2. The monoisotopic (exact) mass is 241 g/mol. The van der Waals surface area contributed by atoms with E-state index >= 15 is 0 Å². The molecule has 3 heteroatoms. The molecular weight excluding hydrogens is 218 g/mol. The van der Waals surface area contributed by atoms with Gasteiger partial charge in [-0.15, -0.1) is 0 Å². The summed E-state index contributed by atoms with van der Waals surface area (Å²) >= 11 is 4.34. The number of ketones is 1. The Labute approximate surface area is 104 Å². The molecule has 0 bridgehead atoms. The van der Waals surface area contributed by atoms with Crippen LogP contribution in [0.2, 0.25) is 0 Å². The summed E-state index contributed by atoms with van der Waals surface area (Å²) < 4.78 is 0. The molecule has 0 aliphatic heterocycles. The van der Waals surface area contributed by atoms with Gasteiger partial charge in [0.2, 0.25) is 0 Å². The van der Waals surface area contributed by atoms with Gasteiger partial charge in [0, 0.05) is 17.7 Å². The normalized spacial score (nSPS) is 25.1. The second-order valence-corrected chi connectivity index (χ2v) is 5.63. The van der Waals surface area contributed by atoms with Crippen LogP contribution in [-0.4, -0.2) is 23.6 Å². The quantitative estimate of drug-likeness (QED) is 0.724.